The minimum atomic E-state index is -4.89. The molecule has 49 heavy (non-hydrogen) atoms. The number of carbonyl (C=O) groups excluding carboxylic acids is 3. The molecule has 0 bridgehead atoms. The molecule has 1 atom stereocenters. The molecule has 4 aliphatic rings. The minimum Gasteiger partial charge on any atom is -0.506 e. The van der Waals surface area contributed by atoms with E-state index >= 15 is 0 Å². The number of fused-ring (bicyclic) bond motifs is 1. The third kappa shape index (κ3) is 8.18. The fourth-order valence-corrected chi connectivity index (χ4v) is 7.62. The number of urea groups is 1. The molecule has 2 aromatic rings. The summed E-state index contributed by atoms with van der Waals surface area (Å²) in [6.45, 7) is 5.61. The van der Waals surface area contributed by atoms with Crippen molar-refractivity contribution in [2.75, 3.05) is 64.2 Å². The van der Waals surface area contributed by atoms with Gasteiger partial charge in [-0.3, -0.25) is 9.69 Å². The maximum Gasteiger partial charge on any atom is 0.420 e. The Hall–Kier alpha value is -3.75. The van der Waals surface area contributed by atoms with Crippen LogP contribution >= 0.6 is 11.6 Å². The average molecular weight is 707 g/mol. The van der Waals surface area contributed by atoms with Gasteiger partial charge in [-0.2, -0.15) is 13.2 Å². The third-order valence-electron chi connectivity index (χ3n) is 10.1. The number of carbonyl (C=O) groups is 3. The first kappa shape index (κ1) is 35.1. The highest BCUT2D eigenvalue weighted by atomic mass is 35.5. The molecule has 0 spiro atoms. The van der Waals surface area contributed by atoms with Crippen molar-refractivity contribution in [2.45, 2.75) is 62.9 Å². The van der Waals surface area contributed by atoms with Crippen LogP contribution in [0.1, 0.15) is 42.4 Å². The normalized spacial score (nSPS) is 20.7. The molecule has 0 aromatic heterocycles. The van der Waals surface area contributed by atoms with E-state index in [0.29, 0.717) is 44.9 Å². The zero-order valence-electron chi connectivity index (χ0n) is 27.2. The van der Waals surface area contributed by atoms with Crippen LogP contribution < -0.4 is 10.6 Å². The molecular formula is C34H42ClF3N6O5. The summed E-state index contributed by atoms with van der Waals surface area (Å²) in [5.41, 5.74) is 0.522. The van der Waals surface area contributed by atoms with Gasteiger partial charge in [-0.1, -0.05) is 29.8 Å². The molecule has 6 rings (SSSR count). The first-order valence-corrected chi connectivity index (χ1v) is 17.3. The van der Waals surface area contributed by atoms with Gasteiger partial charge in [0.05, 0.1) is 10.6 Å². The van der Waals surface area contributed by atoms with Gasteiger partial charge in [0.1, 0.15) is 5.75 Å². The molecule has 4 amide bonds. The number of piperidine rings is 2. The number of phenolic OH excluding ortho intramolecular Hbond substituents is 1. The van der Waals surface area contributed by atoms with Crippen LogP contribution in [-0.2, 0) is 28.5 Å². The second-order valence-corrected chi connectivity index (χ2v) is 13.5. The van der Waals surface area contributed by atoms with Crippen LogP contribution in [0.2, 0.25) is 5.02 Å². The average Bonchev–Trinajstić information content (AvgIpc) is 3.27. The summed E-state index contributed by atoms with van der Waals surface area (Å²) in [7, 11) is 0. The lowest BCUT2D eigenvalue weighted by Gasteiger charge is -2.41. The van der Waals surface area contributed by atoms with Gasteiger partial charge in [-0.15, -0.1) is 0 Å². The number of nitrogens with zero attached hydrogens (tertiary/aromatic N) is 4. The van der Waals surface area contributed by atoms with Crippen LogP contribution in [-0.4, -0.2) is 120 Å². The van der Waals surface area contributed by atoms with E-state index in [0.717, 1.165) is 62.4 Å². The zero-order valence-corrected chi connectivity index (χ0v) is 27.9. The van der Waals surface area contributed by atoms with Gasteiger partial charge < -0.3 is 35.2 Å². The van der Waals surface area contributed by atoms with E-state index in [1.165, 1.54) is 4.90 Å². The summed E-state index contributed by atoms with van der Waals surface area (Å²) < 4.78 is 46.9. The van der Waals surface area contributed by atoms with Gasteiger partial charge >= 0.3 is 18.3 Å². The Morgan fingerprint density at radius 1 is 0.939 bits per heavy atom. The second-order valence-electron chi connectivity index (χ2n) is 13.1. The van der Waals surface area contributed by atoms with Crippen LogP contribution in [0.5, 0.6) is 5.75 Å². The fourth-order valence-electron chi connectivity index (χ4n) is 7.38. The van der Waals surface area contributed by atoms with Gasteiger partial charge in [-0.25, -0.2) is 9.59 Å². The maximum atomic E-state index is 13.9. The molecule has 3 N–H and O–H groups in total. The van der Waals surface area contributed by atoms with Crippen LogP contribution in [0, 0.1) is 0 Å². The number of halogens is 4. The number of nitrogens with one attached hydrogen (secondary N) is 2. The standard InChI is InChI=1S/C34H42ClF3N6O5/c35-27-20-22(19-26(30(27)45)34(36,37)38)21-29(31(46)42-12-6-24(7-13-42)41-17-10-39-11-18-41)49-33(48)43-14-8-25(9-15-43)44-16-5-23-3-1-2-4-28(23)40-32(44)47/h1-4,19-20,24-25,29,39,45H,5-18,21H2,(H,40,47)/t29-/m1/s1. The number of piperazine rings is 1. The number of ether oxygens (including phenoxy) is 1. The topological polar surface area (TPSA) is 118 Å². The molecule has 2 aromatic carbocycles. The number of alkyl halides is 3. The molecule has 11 nitrogen and oxygen atoms in total. The van der Waals surface area contributed by atoms with Crippen LogP contribution in [0.3, 0.4) is 0 Å². The lowest BCUT2D eigenvalue weighted by atomic mass is 9.99. The molecule has 4 heterocycles. The summed E-state index contributed by atoms with van der Waals surface area (Å²) >= 11 is 5.98. The van der Waals surface area contributed by atoms with Crippen LogP contribution in [0.25, 0.3) is 0 Å². The largest absolute Gasteiger partial charge is 0.506 e. The molecule has 266 valence electrons. The number of hydrogen-bond donors (Lipinski definition) is 3. The van der Waals surface area contributed by atoms with E-state index in [9.17, 15) is 32.7 Å². The lowest BCUT2D eigenvalue weighted by molar-refractivity contribution is -0.142. The van der Waals surface area contributed by atoms with Crippen molar-refractivity contribution in [3.8, 4) is 5.75 Å². The summed E-state index contributed by atoms with van der Waals surface area (Å²) in [5.74, 6) is -1.59. The summed E-state index contributed by atoms with van der Waals surface area (Å²) in [5, 5.41) is 15.8. The molecule has 0 aliphatic carbocycles. The number of para-hydroxylation sites is 1. The van der Waals surface area contributed by atoms with Gasteiger partial charge in [-0.05, 0) is 61.4 Å². The van der Waals surface area contributed by atoms with Crippen molar-refractivity contribution in [3.63, 3.8) is 0 Å². The predicted octanol–water partition coefficient (Wildman–Crippen LogP) is 4.56. The van der Waals surface area contributed by atoms with E-state index in [4.69, 9.17) is 16.3 Å². The molecule has 3 saturated heterocycles. The number of phenols is 1. The lowest BCUT2D eigenvalue weighted by Crippen LogP contribution is -2.54. The van der Waals surface area contributed by atoms with Crippen molar-refractivity contribution in [1.29, 1.82) is 0 Å². The molecule has 0 radical (unpaired) electrons. The van der Waals surface area contributed by atoms with E-state index in [1.54, 1.807) is 9.80 Å². The smallest absolute Gasteiger partial charge is 0.420 e. The maximum absolute atomic E-state index is 13.9. The number of likely N-dealkylation sites (tertiary alicyclic amines) is 2. The highest BCUT2D eigenvalue weighted by molar-refractivity contribution is 6.32. The number of amides is 4. The van der Waals surface area contributed by atoms with Crippen molar-refractivity contribution in [1.82, 2.24) is 24.9 Å². The number of anilines is 1. The highest BCUT2D eigenvalue weighted by Gasteiger charge is 2.38. The van der Waals surface area contributed by atoms with Crippen molar-refractivity contribution in [3.05, 3.63) is 58.1 Å². The molecule has 15 heteroatoms. The molecule has 0 saturated carbocycles. The molecule has 4 aliphatic heterocycles. The summed E-state index contributed by atoms with van der Waals surface area (Å²) in [6.07, 6.45) is -4.22. The predicted molar refractivity (Wildman–Crippen MR) is 177 cm³/mol. The summed E-state index contributed by atoms with van der Waals surface area (Å²) in [4.78, 5) is 47.8. The minimum absolute atomic E-state index is 0.00357. The number of hydrogen-bond acceptors (Lipinski definition) is 7. The molecule has 0 unspecified atom stereocenters. The van der Waals surface area contributed by atoms with Crippen molar-refractivity contribution in [2.24, 2.45) is 0 Å². The first-order chi connectivity index (χ1) is 23.5. The monoisotopic (exact) mass is 706 g/mol. The summed E-state index contributed by atoms with van der Waals surface area (Å²) in [6, 6.07) is 9.59. The molecule has 3 fully saturated rings. The van der Waals surface area contributed by atoms with E-state index in [-0.39, 0.29) is 37.1 Å². The Morgan fingerprint density at radius 3 is 2.29 bits per heavy atom. The van der Waals surface area contributed by atoms with E-state index in [1.807, 2.05) is 24.3 Å². The van der Waals surface area contributed by atoms with Gasteiger partial charge in [0, 0.05) is 83.1 Å². The van der Waals surface area contributed by atoms with Crippen molar-refractivity contribution >= 4 is 35.3 Å². The van der Waals surface area contributed by atoms with E-state index in [2.05, 4.69) is 15.5 Å². The second kappa shape index (κ2) is 15.0. The van der Waals surface area contributed by atoms with E-state index < -0.39 is 40.6 Å². The van der Waals surface area contributed by atoms with Crippen LogP contribution in [0.15, 0.2) is 36.4 Å². The first-order valence-electron chi connectivity index (χ1n) is 16.9. The Balaban J connectivity index is 1.12. The number of benzene rings is 2. The SMILES string of the molecule is O=C(O[C@H](Cc1cc(Cl)c(O)c(C(F)(F)F)c1)C(=O)N1CCC(N2CCNCC2)CC1)N1CCC(N2CCc3ccccc3NC2=O)CC1. The van der Waals surface area contributed by atoms with Crippen molar-refractivity contribution < 1.29 is 37.4 Å². The van der Waals surface area contributed by atoms with Gasteiger partial charge in [0.15, 0.2) is 6.10 Å². The number of aromatic hydroxyl groups is 1. The fraction of sp³-hybridized carbons (Fsp3) is 0.559. The Morgan fingerprint density at radius 2 is 1.59 bits per heavy atom. The third-order valence-corrected chi connectivity index (χ3v) is 10.4. The van der Waals surface area contributed by atoms with Gasteiger partial charge in [0.2, 0.25) is 0 Å². The highest BCUT2D eigenvalue weighted by Crippen LogP contribution is 2.40. The van der Waals surface area contributed by atoms with Gasteiger partial charge in [0.25, 0.3) is 5.91 Å². The Labute approximate surface area is 288 Å². The molecular weight excluding hydrogens is 665 g/mol. The Bertz CT molecular complexity index is 1520. The zero-order chi connectivity index (χ0) is 34.7. The quantitative estimate of drug-likeness (QED) is 0.403. The number of rotatable bonds is 6. The van der Waals surface area contributed by atoms with Crippen LogP contribution in [0.4, 0.5) is 28.4 Å². The Kier molecular flexibility index (Phi) is 10.8.